The van der Waals surface area contributed by atoms with Gasteiger partial charge in [-0.1, -0.05) is 39.0 Å². The van der Waals surface area contributed by atoms with Gasteiger partial charge in [-0.2, -0.15) is 0 Å². The summed E-state index contributed by atoms with van der Waals surface area (Å²) in [6.07, 6.45) is 22.6. The van der Waals surface area contributed by atoms with Crippen LogP contribution < -0.4 is 0 Å². The van der Waals surface area contributed by atoms with E-state index in [1.54, 1.807) is 6.92 Å². The van der Waals surface area contributed by atoms with Crippen molar-refractivity contribution in [3.8, 4) is 0 Å². The molecule has 0 rings (SSSR count). The normalized spacial score (nSPS) is 13.3. The van der Waals surface area contributed by atoms with Gasteiger partial charge in [-0.25, -0.2) is 4.57 Å². The van der Waals surface area contributed by atoms with E-state index < -0.39 is 19.6 Å². The molecule has 0 aromatic carbocycles. The van der Waals surface area contributed by atoms with Crippen LogP contribution in [0.2, 0.25) is 22.8 Å². The van der Waals surface area contributed by atoms with Gasteiger partial charge >= 0.3 is 129 Å². The first-order valence-corrected chi connectivity index (χ1v) is 17.9. The van der Waals surface area contributed by atoms with Crippen LogP contribution in [0.25, 0.3) is 0 Å². The fraction of sp³-hybridized carbons (Fsp3) is 0.957. The van der Waals surface area contributed by atoms with Crippen molar-refractivity contribution in [3.63, 3.8) is 0 Å². The summed E-state index contributed by atoms with van der Waals surface area (Å²) in [6.45, 7) is 4.09. The van der Waals surface area contributed by atoms with Gasteiger partial charge in [0.05, 0.1) is 0 Å². The van der Waals surface area contributed by atoms with Gasteiger partial charge < -0.3 is 14.7 Å². The van der Waals surface area contributed by atoms with Crippen molar-refractivity contribution >= 4 is 12.5 Å². The third-order valence-corrected chi connectivity index (χ3v) is 10.7. The maximum atomic E-state index is 11.8. The molecule has 5 nitrogen and oxygen atoms in total. The zero-order valence-electron chi connectivity index (χ0n) is 20.5. The van der Waals surface area contributed by atoms with Crippen molar-refractivity contribution in [1.82, 2.24) is 0 Å². The summed E-state index contributed by atoms with van der Waals surface area (Å²) in [4.78, 5) is 33.4. The molecule has 0 aliphatic heterocycles. The molecule has 0 radical (unpaired) electrons. The molecule has 0 fully saturated rings. The molecule has 0 heterocycles. The van der Waals surface area contributed by atoms with Crippen LogP contribution in [-0.2, 0) is 21.1 Å². The second kappa shape index (κ2) is 17.8. The Balaban J connectivity index is 0. The van der Waals surface area contributed by atoms with Crippen molar-refractivity contribution in [2.75, 3.05) is 0 Å². The van der Waals surface area contributed by atoms with E-state index in [0.717, 1.165) is 5.32 Å². The molecule has 0 bridgehead atoms. The summed E-state index contributed by atoms with van der Waals surface area (Å²) in [5, 5.41) is 1.16. The summed E-state index contributed by atoms with van der Waals surface area (Å²) in [5.74, 6) is 6.74. The number of carbonyl (C=O) groups is 1. The number of phosphoric acid groups is 1. The predicted octanol–water partition coefficient (Wildman–Crippen LogP) is 8.12. The number of carbonyl (C=O) groups excluding carboxylic acids is 1. The van der Waals surface area contributed by atoms with Crippen LogP contribution in [0.15, 0.2) is 0 Å². The Bertz CT molecular complexity index is 460. The topological polar surface area (TPSA) is 94.8 Å². The molecule has 0 aliphatic carbocycles. The summed E-state index contributed by atoms with van der Waals surface area (Å²) >= 11 is -2.12. The van der Waals surface area contributed by atoms with Gasteiger partial charge in [0, 0.05) is 0 Å². The Labute approximate surface area is 187 Å². The number of unbranched alkanes of at least 4 members (excludes halogenated alkanes) is 15. The zero-order valence-corrected chi connectivity index (χ0v) is 22.5. The van der Waals surface area contributed by atoms with E-state index >= 15 is 0 Å². The molecule has 0 spiro atoms. The minimum absolute atomic E-state index is 0.462. The van der Waals surface area contributed by atoms with E-state index in [4.69, 9.17) is 19.2 Å². The van der Waals surface area contributed by atoms with Gasteiger partial charge in [-0.15, -0.1) is 0 Å². The van der Waals surface area contributed by atoms with Gasteiger partial charge in [-0.3, -0.25) is 0 Å². The Hall–Kier alpha value is 0.299. The molecule has 0 aromatic rings. The van der Waals surface area contributed by atoms with Crippen LogP contribution in [0, 0.1) is 0 Å². The minimum atomic E-state index is -4.64. The van der Waals surface area contributed by atoms with Crippen molar-refractivity contribution in [2.24, 2.45) is 0 Å². The maximum absolute atomic E-state index is 11.8. The van der Waals surface area contributed by atoms with Crippen molar-refractivity contribution in [3.05, 3.63) is 0 Å². The van der Waals surface area contributed by atoms with E-state index in [9.17, 15) is 4.79 Å². The monoisotopic (exact) mass is 495 g/mol. The predicted molar refractivity (Wildman–Crippen MR) is 127 cm³/mol. The van der Waals surface area contributed by atoms with Gasteiger partial charge in [0.15, 0.2) is 0 Å². The average molecular weight is 495 g/mol. The van der Waals surface area contributed by atoms with E-state index in [1.807, 2.05) is 0 Å². The largest absolute Gasteiger partial charge is 0.466 e. The molecular weight excluding hydrogens is 443 g/mol. The van der Waals surface area contributed by atoms with Crippen LogP contribution in [0.4, 0.5) is 0 Å². The number of hydrogen-bond donors (Lipinski definition) is 3. The Morgan fingerprint density at radius 1 is 0.633 bits per heavy atom. The summed E-state index contributed by atoms with van der Waals surface area (Å²) in [7, 11) is -4.64. The molecule has 0 saturated heterocycles. The second-order valence-corrected chi connectivity index (χ2v) is 19.5. The fourth-order valence-electron chi connectivity index (χ4n) is 3.20. The van der Waals surface area contributed by atoms with Gasteiger partial charge in [0.25, 0.3) is 0 Å². The quantitative estimate of drug-likeness (QED) is 0.101. The number of rotatable bonds is 18. The summed E-state index contributed by atoms with van der Waals surface area (Å²) in [6, 6.07) is 0. The van der Waals surface area contributed by atoms with Crippen LogP contribution in [0.3, 0.4) is 0 Å². The zero-order chi connectivity index (χ0) is 23.5. The van der Waals surface area contributed by atoms with Crippen LogP contribution >= 0.6 is 7.82 Å². The van der Waals surface area contributed by atoms with Crippen LogP contribution in [0.1, 0.15) is 117 Å². The Morgan fingerprint density at radius 2 is 0.867 bits per heavy atom. The van der Waals surface area contributed by atoms with Crippen LogP contribution in [-0.4, -0.2) is 19.4 Å². The van der Waals surface area contributed by atoms with Gasteiger partial charge in [-0.05, 0) is 0 Å². The first-order valence-electron chi connectivity index (χ1n) is 11.7. The fourth-order valence-corrected chi connectivity index (χ4v) is 5.23. The van der Waals surface area contributed by atoms with E-state index in [0.29, 0.717) is 4.68 Å². The minimum Gasteiger partial charge on any atom is -0.303 e. The van der Waals surface area contributed by atoms with Crippen molar-refractivity contribution in [1.29, 1.82) is 0 Å². The molecule has 0 amide bonds. The standard InChI is InChI=1S/C18H37.C2H3O.3CH3.Fe.H3O4P/c1-3-5-7-9-11-13-15-17-18-16-14-12-10-8-6-4-2;1-2-3;;;;;1-5(2,3)4/h1,3-18H2,2H3;1H3;3*1H3;;(H3,1,2,3,4). The Kier molecular flexibility index (Phi) is 19.3. The molecule has 0 atom stereocenters. The van der Waals surface area contributed by atoms with Crippen molar-refractivity contribution in [2.45, 2.75) is 139 Å². The molecule has 7 heteroatoms. The molecule has 3 N–H and O–H groups in total. The Morgan fingerprint density at radius 3 is 1.10 bits per heavy atom. The number of hydrogen-bond acceptors (Lipinski definition) is 2. The van der Waals surface area contributed by atoms with Gasteiger partial charge in [0.1, 0.15) is 0 Å². The maximum Gasteiger partial charge on any atom is 0.466 e. The first kappa shape index (κ1) is 32.5. The first-order chi connectivity index (χ1) is 13.8. The third kappa shape index (κ3) is 26.3. The molecular formula is C23H52FeO5P. The van der Waals surface area contributed by atoms with Crippen LogP contribution in [0.5, 0.6) is 0 Å². The summed E-state index contributed by atoms with van der Waals surface area (Å²) in [5.41, 5.74) is 0. The molecule has 0 unspecified atom stereocenters. The molecule has 0 saturated carbocycles. The second-order valence-electron chi connectivity index (χ2n) is 9.41. The molecule has 0 aromatic heterocycles. The van der Waals surface area contributed by atoms with Gasteiger partial charge in [0.2, 0.25) is 0 Å². The van der Waals surface area contributed by atoms with Crippen molar-refractivity contribution < 1.29 is 35.8 Å². The third-order valence-electron chi connectivity index (χ3n) is 5.52. The van der Waals surface area contributed by atoms with E-state index in [1.165, 1.54) is 103 Å². The van der Waals surface area contributed by atoms with E-state index in [2.05, 4.69) is 24.4 Å². The molecule has 30 heavy (non-hydrogen) atoms. The SMILES string of the molecule is CCCCCCCCCCCCCCCCC[CH2][Fe]([CH3])([CH3])([CH3])[C](C)=O.O=P(O)(O)O. The smallest absolute Gasteiger partial charge is 0.303 e. The molecule has 187 valence electrons. The van der Waals surface area contributed by atoms with E-state index in [-0.39, 0.29) is 0 Å². The average Bonchev–Trinajstić information content (AvgIpc) is 2.59. The molecule has 0 aliphatic rings. The summed E-state index contributed by atoms with van der Waals surface area (Å²) < 4.78 is 9.34.